The molecule has 112 valence electrons. The number of anilines is 1. The fraction of sp³-hybridized carbons (Fsp3) is 0.357. The normalized spacial score (nSPS) is 15.1. The first-order valence-corrected chi connectivity index (χ1v) is 8.36. The zero-order valence-corrected chi connectivity index (χ0v) is 12.6. The minimum absolute atomic E-state index is 0.122. The zero-order chi connectivity index (χ0) is 14.9. The van der Waals surface area contributed by atoms with E-state index in [2.05, 4.69) is 15.1 Å². The molecule has 0 unspecified atom stereocenters. The van der Waals surface area contributed by atoms with Crippen LogP contribution in [0, 0.1) is 0 Å². The standard InChI is InChI=1S/C14H18N4O2S/c1-18-9-8-13(16-18)10-15-11-4-6-14(7-5-11)21(19,20)17-12-2-3-12/h4-9,12,15,17H,2-3,10H2,1H3. The molecule has 0 radical (unpaired) electrons. The molecular formula is C14H18N4O2S. The van der Waals surface area contributed by atoms with Crippen LogP contribution in [-0.4, -0.2) is 24.2 Å². The van der Waals surface area contributed by atoms with Crippen LogP contribution in [0.15, 0.2) is 41.4 Å². The first kappa shape index (κ1) is 14.1. The van der Waals surface area contributed by atoms with Gasteiger partial charge in [-0.2, -0.15) is 5.10 Å². The first-order chi connectivity index (χ1) is 10.0. The van der Waals surface area contributed by atoms with Crippen molar-refractivity contribution < 1.29 is 8.42 Å². The molecule has 1 aromatic heterocycles. The lowest BCUT2D eigenvalue weighted by Crippen LogP contribution is -2.25. The minimum atomic E-state index is -3.37. The second-order valence-corrected chi connectivity index (χ2v) is 6.97. The zero-order valence-electron chi connectivity index (χ0n) is 11.8. The number of hydrogen-bond donors (Lipinski definition) is 2. The number of nitrogens with one attached hydrogen (secondary N) is 2. The molecule has 1 saturated carbocycles. The van der Waals surface area contributed by atoms with Crippen LogP contribution < -0.4 is 10.0 Å². The summed E-state index contributed by atoms with van der Waals surface area (Å²) in [5.41, 5.74) is 1.80. The predicted octanol–water partition coefficient (Wildman–Crippen LogP) is 1.47. The van der Waals surface area contributed by atoms with Gasteiger partial charge in [-0.1, -0.05) is 0 Å². The Morgan fingerprint density at radius 2 is 1.95 bits per heavy atom. The highest BCUT2D eigenvalue weighted by atomic mass is 32.2. The number of rotatable bonds is 6. The SMILES string of the molecule is Cn1ccc(CNc2ccc(S(=O)(=O)NC3CC3)cc2)n1. The molecule has 1 aliphatic carbocycles. The maximum absolute atomic E-state index is 12.0. The van der Waals surface area contributed by atoms with Crippen LogP contribution in [0.4, 0.5) is 5.69 Å². The Hall–Kier alpha value is -1.86. The van der Waals surface area contributed by atoms with Crippen LogP contribution in [0.1, 0.15) is 18.5 Å². The second kappa shape index (κ2) is 5.50. The van der Waals surface area contributed by atoms with Crippen LogP contribution in [0.5, 0.6) is 0 Å². The summed E-state index contributed by atoms with van der Waals surface area (Å²) in [6, 6.07) is 8.83. The number of sulfonamides is 1. The molecule has 1 aliphatic rings. The minimum Gasteiger partial charge on any atom is -0.379 e. The molecule has 7 heteroatoms. The van der Waals surface area contributed by atoms with E-state index in [4.69, 9.17) is 0 Å². The lowest BCUT2D eigenvalue weighted by Gasteiger charge is -2.08. The number of aryl methyl sites for hydroxylation is 1. The number of hydrogen-bond acceptors (Lipinski definition) is 4. The Morgan fingerprint density at radius 3 is 2.52 bits per heavy atom. The quantitative estimate of drug-likeness (QED) is 0.847. The van der Waals surface area contributed by atoms with Crippen molar-refractivity contribution in [3.8, 4) is 0 Å². The van der Waals surface area contributed by atoms with Gasteiger partial charge < -0.3 is 5.32 Å². The molecular weight excluding hydrogens is 288 g/mol. The summed E-state index contributed by atoms with van der Waals surface area (Å²) in [4.78, 5) is 0.304. The average Bonchev–Trinajstić information content (AvgIpc) is 3.16. The summed E-state index contributed by atoms with van der Waals surface area (Å²) in [7, 11) is -1.50. The Morgan fingerprint density at radius 1 is 1.24 bits per heavy atom. The average molecular weight is 306 g/mol. The molecule has 21 heavy (non-hydrogen) atoms. The summed E-state index contributed by atoms with van der Waals surface area (Å²) in [6.45, 7) is 0.604. The lowest BCUT2D eigenvalue weighted by molar-refractivity contribution is 0.581. The maximum atomic E-state index is 12.0. The molecule has 1 aromatic carbocycles. The van der Waals surface area contributed by atoms with Gasteiger partial charge in [0.2, 0.25) is 10.0 Å². The van der Waals surface area contributed by atoms with E-state index in [1.54, 1.807) is 28.9 Å². The van der Waals surface area contributed by atoms with Gasteiger partial charge in [-0.3, -0.25) is 4.68 Å². The number of nitrogens with zero attached hydrogens (tertiary/aromatic N) is 2. The van der Waals surface area contributed by atoms with Crippen molar-refractivity contribution in [1.82, 2.24) is 14.5 Å². The molecule has 0 aliphatic heterocycles. The van der Waals surface area contributed by atoms with Gasteiger partial charge in [0.25, 0.3) is 0 Å². The third-order valence-electron chi connectivity index (χ3n) is 3.31. The molecule has 0 bridgehead atoms. The Kier molecular flexibility index (Phi) is 3.69. The number of aromatic nitrogens is 2. The summed E-state index contributed by atoms with van der Waals surface area (Å²) in [5.74, 6) is 0. The molecule has 1 heterocycles. The van der Waals surface area contributed by atoms with Gasteiger partial charge in [0.1, 0.15) is 0 Å². The van der Waals surface area contributed by atoms with Gasteiger partial charge in [0.15, 0.2) is 0 Å². The molecule has 0 saturated heterocycles. The van der Waals surface area contributed by atoms with Crippen molar-refractivity contribution >= 4 is 15.7 Å². The molecule has 2 N–H and O–H groups in total. The van der Waals surface area contributed by atoms with E-state index in [9.17, 15) is 8.42 Å². The summed E-state index contributed by atoms with van der Waals surface area (Å²) < 4.78 is 28.5. The van der Waals surface area contributed by atoms with E-state index in [-0.39, 0.29) is 6.04 Å². The maximum Gasteiger partial charge on any atom is 0.240 e. The van der Waals surface area contributed by atoms with E-state index in [0.717, 1.165) is 24.2 Å². The summed E-state index contributed by atoms with van der Waals surface area (Å²) in [6.07, 6.45) is 3.75. The molecule has 0 atom stereocenters. The van der Waals surface area contributed by atoms with Crippen LogP contribution in [0.25, 0.3) is 0 Å². The molecule has 3 rings (SSSR count). The van der Waals surface area contributed by atoms with Gasteiger partial charge in [-0.15, -0.1) is 0 Å². The Balaban J connectivity index is 1.63. The fourth-order valence-electron chi connectivity index (χ4n) is 1.99. The van der Waals surface area contributed by atoms with Crippen LogP contribution in [0.2, 0.25) is 0 Å². The van der Waals surface area contributed by atoms with E-state index in [1.807, 2.05) is 19.3 Å². The lowest BCUT2D eigenvalue weighted by atomic mass is 10.3. The third-order valence-corrected chi connectivity index (χ3v) is 4.84. The van der Waals surface area contributed by atoms with Gasteiger partial charge in [0, 0.05) is 25.0 Å². The molecule has 0 amide bonds. The fourth-order valence-corrected chi connectivity index (χ4v) is 3.30. The highest BCUT2D eigenvalue weighted by Gasteiger charge is 2.27. The topological polar surface area (TPSA) is 76.0 Å². The van der Waals surface area contributed by atoms with Crippen LogP contribution in [0.3, 0.4) is 0 Å². The molecule has 0 spiro atoms. The predicted molar refractivity (Wildman–Crippen MR) is 80.3 cm³/mol. The van der Waals surface area contributed by atoms with Crippen molar-refractivity contribution in [2.75, 3.05) is 5.32 Å². The molecule has 1 fully saturated rings. The highest BCUT2D eigenvalue weighted by molar-refractivity contribution is 7.89. The van der Waals surface area contributed by atoms with Crippen molar-refractivity contribution in [2.24, 2.45) is 7.05 Å². The Labute approximate surface area is 124 Å². The van der Waals surface area contributed by atoms with Crippen molar-refractivity contribution in [3.05, 3.63) is 42.2 Å². The molecule has 6 nitrogen and oxygen atoms in total. The Bertz CT molecular complexity index is 718. The smallest absolute Gasteiger partial charge is 0.240 e. The van der Waals surface area contributed by atoms with Crippen LogP contribution in [-0.2, 0) is 23.6 Å². The second-order valence-electron chi connectivity index (χ2n) is 5.25. The van der Waals surface area contributed by atoms with E-state index in [1.165, 1.54) is 0 Å². The van der Waals surface area contributed by atoms with Gasteiger partial charge in [-0.25, -0.2) is 13.1 Å². The van der Waals surface area contributed by atoms with Crippen LogP contribution >= 0.6 is 0 Å². The first-order valence-electron chi connectivity index (χ1n) is 6.88. The third kappa shape index (κ3) is 3.62. The van der Waals surface area contributed by atoms with E-state index >= 15 is 0 Å². The van der Waals surface area contributed by atoms with Crippen molar-refractivity contribution in [3.63, 3.8) is 0 Å². The molecule has 2 aromatic rings. The van der Waals surface area contributed by atoms with E-state index < -0.39 is 10.0 Å². The van der Waals surface area contributed by atoms with Crippen molar-refractivity contribution in [1.29, 1.82) is 0 Å². The summed E-state index contributed by atoms with van der Waals surface area (Å²) >= 11 is 0. The van der Waals surface area contributed by atoms with Gasteiger partial charge in [0.05, 0.1) is 17.1 Å². The highest BCUT2D eigenvalue weighted by Crippen LogP contribution is 2.22. The van der Waals surface area contributed by atoms with Gasteiger partial charge >= 0.3 is 0 Å². The monoisotopic (exact) mass is 306 g/mol. The largest absolute Gasteiger partial charge is 0.379 e. The van der Waals surface area contributed by atoms with Gasteiger partial charge in [-0.05, 0) is 43.2 Å². The van der Waals surface area contributed by atoms with Crippen molar-refractivity contribution in [2.45, 2.75) is 30.3 Å². The van der Waals surface area contributed by atoms with E-state index in [0.29, 0.717) is 11.4 Å². The summed E-state index contributed by atoms with van der Waals surface area (Å²) in [5, 5.41) is 7.49. The number of benzene rings is 1.